The third kappa shape index (κ3) is 4.52. The number of carbonyl (C=O) groups is 1. The van der Waals surface area contributed by atoms with Crippen LogP contribution in [-0.2, 0) is 21.1 Å². The summed E-state index contributed by atoms with van der Waals surface area (Å²) in [6.07, 6.45) is 1.44. The van der Waals surface area contributed by atoms with Gasteiger partial charge in [-0.3, -0.25) is 4.79 Å². The Morgan fingerprint density at radius 1 is 1.10 bits per heavy atom. The quantitative estimate of drug-likeness (QED) is 0.584. The third-order valence-electron chi connectivity index (χ3n) is 5.52. The van der Waals surface area contributed by atoms with Crippen LogP contribution in [0.15, 0.2) is 41.3 Å². The molecule has 0 bridgehead atoms. The van der Waals surface area contributed by atoms with E-state index in [-0.39, 0.29) is 17.2 Å². The van der Waals surface area contributed by atoms with E-state index in [0.717, 1.165) is 39.8 Å². The first-order valence-electron chi connectivity index (χ1n) is 10.0. The highest BCUT2D eigenvalue weighted by atomic mass is 32.2. The monoisotopic (exact) mass is 459 g/mol. The fourth-order valence-corrected chi connectivity index (χ4v) is 5.42. The van der Waals surface area contributed by atoms with Crippen molar-refractivity contribution in [3.8, 4) is 5.75 Å². The second-order valence-corrected chi connectivity index (χ2v) is 10.7. The molecule has 0 saturated carbocycles. The predicted octanol–water partition coefficient (Wildman–Crippen LogP) is 2.91. The van der Waals surface area contributed by atoms with Crippen molar-refractivity contribution < 1.29 is 17.9 Å². The summed E-state index contributed by atoms with van der Waals surface area (Å²) in [5.74, 6) is 0.826. The molecule has 2 heterocycles. The van der Waals surface area contributed by atoms with Crippen LogP contribution in [0, 0.1) is 6.92 Å². The van der Waals surface area contributed by atoms with Crippen LogP contribution in [0.4, 0.5) is 5.13 Å². The number of hydrogen-bond acceptors (Lipinski definition) is 7. The van der Waals surface area contributed by atoms with Crippen molar-refractivity contribution in [2.75, 3.05) is 44.4 Å². The van der Waals surface area contributed by atoms with Gasteiger partial charge in [-0.2, -0.15) is 0 Å². The van der Waals surface area contributed by atoms with Gasteiger partial charge in [0.05, 0.1) is 23.1 Å². The molecule has 0 aliphatic carbocycles. The molecule has 0 unspecified atom stereocenters. The fraction of sp³-hybridized carbons (Fsp3) is 0.364. The molecule has 1 fully saturated rings. The summed E-state index contributed by atoms with van der Waals surface area (Å²) in [5.41, 5.74) is 2.88. The Labute approximate surface area is 186 Å². The number of hydrogen-bond donors (Lipinski definition) is 0. The largest absolute Gasteiger partial charge is 0.494 e. The summed E-state index contributed by atoms with van der Waals surface area (Å²) in [6, 6.07) is 10.5. The summed E-state index contributed by atoms with van der Waals surface area (Å²) in [6.45, 7) is 4.78. The van der Waals surface area contributed by atoms with Crippen LogP contribution < -0.4 is 9.64 Å². The van der Waals surface area contributed by atoms with Gasteiger partial charge in [-0.25, -0.2) is 13.4 Å². The molecule has 3 aromatic rings. The Balaban J connectivity index is 1.40. The van der Waals surface area contributed by atoms with Crippen molar-refractivity contribution in [2.24, 2.45) is 0 Å². The zero-order valence-corrected chi connectivity index (χ0v) is 19.4. The third-order valence-corrected chi connectivity index (χ3v) is 7.90. The van der Waals surface area contributed by atoms with E-state index in [1.165, 1.54) is 11.8 Å². The van der Waals surface area contributed by atoms with Crippen LogP contribution >= 0.6 is 11.3 Å². The van der Waals surface area contributed by atoms with Crippen LogP contribution in [0.3, 0.4) is 0 Å². The van der Waals surface area contributed by atoms with Gasteiger partial charge in [-0.1, -0.05) is 29.5 Å². The number of aromatic nitrogens is 1. The van der Waals surface area contributed by atoms with Gasteiger partial charge in [0.25, 0.3) is 0 Å². The van der Waals surface area contributed by atoms with E-state index in [2.05, 4.69) is 11.8 Å². The summed E-state index contributed by atoms with van der Waals surface area (Å²) in [4.78, 5) is 21.9. The Bertz CT molecular complexity index is 1210. The van der Waals surface area contributed by atoms with Crippen molar-refractivity contribution in [2.45, 2.75) is 18.2 Å². The number of methoxy groups -OCH3 is 1. The highest BCUT2D eigenvalue weighted by Gasteiger charge is 2.24. The summed E-state index contributed by atoms with van der Waals surface area (Å²) in [7, 11) is -1.58. The zero-order chi connectivity index (χ0) is 22.2. The zero-order valence-electron chi connectivity index (χ0n) is 17.8. The number of amides is 1. The molecule has 0 N–H and O–H groups in total. The Morgan fingerprint density at radius 3 is 2.39 bits per heavy atom. The highest BCUT2D eigenvalue weighted by molar-refractivity contribution is 7.90. The Hall–Kier alpha value is -2.65. The number of sulfone groups is 1. The molecule has 9 heteroatoms. The topological polar surface area (TPSA) is 79.8 Å². The lowest BCUT2D eigenvalue weighted by Gasteiger charge is -2.34. The minimum absolute atomic E-state index is 0.0496. The molecule has 0 radical (unpaired) electrons. The lowest BCUT2D eigenvalue weighted by atomic mass is 10.1. The van der Waals surface area contributed by atoms with Gasteiger partial charge in [0.2, 0.25) is 5.91 Å². The van der Waals surface area contributed by atoms with Gasteiger partial charge in [0.1, 0.15) is 11.3 Å². The number of ether oxygens (including phenoxy) is 1. The second kappa shape index (κ2) is 8.47. The number of benzene rings is 2. The van der Waals surface area contributed by atoms with Gasteiger partial charge < -0.3 is 14.5 Å². The average molecular weight is 460 g/mol. The molecule has 7 nitrogen and oxygen atoms in total. The van der Waals surface area contributed by atoms with Crippen molar-refractivity contribution in [1.29, 1.82) is 0 Å². The Kier molecular flexibility index (Phi) is 5.90. The van der Waals surface area contributed by atoms with Gasteiger partial charge in [-0.05, 0) is 36.2 Å². The average Bonchev–Trinajstić information content (AvgIpc) is 3.20. The minimum Gasteiger partial charge on any atom is -0.494 e. The summed E-state index contributed by atoms with van der Waals surface area (Å²) < 4.78 is 29.7. The van der Waals surface area contributed by atoms with Crippen LogP contribution in [0.2, 0.25) is 0 Å². The van der Waals surface area contributed by atoms with Gasteiger partial charge in [0.15, 0.2) is 15.0 Å². The van der Waals surface area contributed by atoms with Crippen molar-refractivity contribution in [3.63, 3.8) is 0 Å². The molecule has 164 valence electrons. The maximum Gasteiger partial charge on any atom is 0.227 e. The molecule has 1 aromatic heterocycles. The van der Waals surface area contributed by atoms with E-state index in [4.69, 9.17) is 9.72 Å². The molecule has 1 saturated heterocycles. The molecular weight excluding hydrogens is 434 g/mol. The van der Waals surface area contributed by atoms with Gasteiger partial charge >= 0.3 is 0 Å². The van der Waals surface area contributed by atoms with Crippen LogP contribution in [0.5, 0.6) is 5.75 Å². The number of piperazine rings is 1. The maximum absolute atomic E-state index is 12.7. The van der Waals surface area contributed by atoms with Crippen molar-refractivity contribution in [1.82, 2.24) is 9.88 Å². The first kappa shape index (κ1) is 21.6. The number of nitrogens with zero attached hydrogens (tertiary/aromatic N) is 3. The second-order valence-electron chi connectivity index (χ2n) is 7.72. The molecule has 1 aliphatic rings. The van der Waals surface area contributed by atoms with E-state index in [9.17, 15) is 13.2 Å². The standard InChI is InChI=1S/C22H25N3O4S2/c1-15-4-9-18(29-2)20-21(15)30-22(23-20)25-12-10-24(11-13-25)19(26)14-16-5-7-17(8-6-16)31(3,27)28/h4-9H,10-14H2,1-3H3. The predicted molar refractivity (Wildman–Crippen MR) is 123 cm³/mol. The molecule has 0 atom stereocenters. The number of rotatable bonds is 5. The first-order chi connectivity index (χ1) is 14.8. The molecule has 1 aliphatic heterocycles. The van der Waals surface area contributed by atoms with E-state index >= 15 is 0 Å². The highest BCUT2D eigenvalue weighted by Crippen LogP contribution is 2.36. The first-order valence-corrected chi connectivity index (χ1v) is 12.7. The van der Waals surface area contributed by atoms with Crippen LogP contribution in [0.1, 0.15) is 11.1 Å². The molecule has 2 aromatic carbocycles. The minimum atomic E-state index is -3.23. The summed E-state index contributed by atoms with van der Waals surface area (Å²) >= 11 is 1.66. The molecule has 1 amide bonds. The van der Waals surface area contributed by atoms with E-state index in [1.54, 1.807) is 42.7 Å². The van der Waals surface area contributed by atoms with Gasteiger partial charge in [0, 0.05) is 32.4 Å². The number of aryl methyl sites for hydroxylation is 1. The van der Waals surface area contributed by atoms with Crippen molar-refractivity contribution >= 4 is 42.4 Å². The molecule has 31 heavy (non-hydrogen) atoms. The number of thiazole rings is 1. The smallest absolute Gasteiger partial charge is 0.227 e. The fourth-order valence-electron chi connectivity index (χ4n) is 3.69. The number of carbonyl (C=O) groups excluding carboxylic acids is 1. The van der Waals surface area contributed by atoms with Crippen molar-refractivity contribution in [3.05, 3.63) is 47.5 Å². The lowest BCUT2D eigenvalue weighted by molar-refractivity contribution is -0.130. The number of fused-ring (bicyclic) bond motifs is 1. The van der Waals surface area contributed by atoms with Crippen LogP contribution in [0.25, 0.3) is 10.2 Å². The maximum atomic E-state index is 12.7. The number of anilines is 1. The Morgan fingerprint density at radius 2 is 1.77 bits per heavy atom. The summed E-state index contributed by atoms with van der Waals surface area (Å²) in [5, 5.41) is 0.950. The normalized spacial score (nSPS) is 14.8. The molecular formula is C22H25N3O4S2. The molecule has 0 spiro atoms. The van der Waals surface area contributed by atoms with Crippen LogP contribution in [-0.4, -0.2) is 63.8 Å². The van der Waals surface area contributed by atoms with E-state index in [1.807, 2.05) is 17.0 Å². The van der Waals surface area contributed by atoms with E-state index in [0.29, 0.717) is 13.1 Å². The molecule has 4 rings (SSSR count). The lowest BCUT2D eigenvalue weighted by Crippen LogP contribution is -2.49. The van der Waals surface area contributed by atoms with Gasteiger partial charge in [-0.15, -0.1) is 0 Å². The van der Waals surface area contributed by atoms with E-state index < -0.39 is 9.84 Å². The SMILES string of the molecule is COc1ccc(C)c2sc(N3CCN(C(=O)Cc4ccc(S(C)(=O)=O)cc4)CC3)nc12.